The molecule has 0 N–H and O–H groups in total. The van der Waals surface area contributed by atoms with Gasteiger partial charge in [0.05, 0.1) is 11.6 Å². The van der Waals surface area contributed by atoms with Crippen LogP contribution in [0.4, 0.5) is 0 Å². The number of aldehydes is 1. The lowest BCUT2D eigenvalue weighted by molar-refractivity contribution is -0.138. The van der Waals surface area contributed by atoms with Crippen molar-refractivity contribution in [3.63, 3.8) is 0 Å². The molecule has 27 heavy (non-hydrogen) atoms. The van der Waals surface area contributed by atoms with Gasteiger partial charge >= 0.3 is 5.97 Å². The number of rotatable bonds is 5. The van der Waals surface area contributed by atoms with E-state index in [-0.39, 0.29) is 29.6 Å². The first kappa shape index (κ1) is 17.7. The molecule has 0 amide bonds. The number of furan rings is 1. The van der Waals surface area contributed by atoms with Crippen LogP contribution in [-0.2, 0) is 9.53 Å². The van der Waals surface area contributed by atoms with Crippen LogP contribution < -0.4 is 0 Å². The van der Waals surface area contributed by atoms with E-state index in [4.69, 9.17) is 20.8 Å². The van der Waals surface area contributed by atoms with E-state index in [9.17, 15) is 14.4 Å². The summed E-state index contributed by atoms with van der Waals surface area (Å²) in [6.45, 7) is 1.91. The van der Waals surface area contributed by atoms with E-state index in [2.05, 4.69) is 0 Å². The third kappa shape index (κ3) is 3.12. The van der Waals surface area contributed by atoms with Gasteiger partial charge in [0.25, 0.3) is 0 Å². The molecule has 1 heterocycles. The molecule has 1 atom stereocenters. The van der Waals surface area contributed by atoms with Gasteiger partial charge in [0, 0.05) is 17.0 Å². The average Bonchev–Trinajstić information content (AvgIpc) is 3.38. The SMILES string of the molecule is CCOC(=O)C1=CC(C2CC2)c2cc(Cl)c(-c3ccc(C=O)o3)cc2C1=O. The van der Waals surface area contributed by atoms with Crippen molar-refractivity contribution in [2.24, 2.45) is 5.92 Å². The van der Waals surface area contributed by atoms with Gasteiger partial charge in [0.1, 0.15) is 11.3 Å². The number of allylic oxidation sites excluding steroid dienone is 1. The zero-order valence-electron chi connectivity index (χ0n) is 14.7. The van der Waals surface area contributed by atoms with Gasteiger partial charge in [-0.3, -0.25) is 9.59 Å². The number of halogens is 1. The highest BCUT2D eigenvalue weighted by Gasteiger charge is 2.39. The Labute approximate surface area is 160 Å². The fourth-order valence-corrected chi connectivity index (χ4v) is 3.78. The van der Waals surface area contributed by atoms with Gasteiger partial charge in [-0.2, -0.15) is 0 Å². The molecule has 2 aliphatic rings. The molecule has 0 saturated heterocycles. The molecule has 0 spiro atoms. The van der Waals surface area contributed by atoms with Crippen molar-refractivity contribution in [3.8, 4) is 11.3 Å². The van der Waals surface area contributed by atoms with Gasteiger partial charge in [0.2, 0.25) is 0 Å². The zero-order valence-corrected chi connectivity index (χ0v) is 15.4. The molecule has 138 valence electrons. The van der Waals surface area contributed by atoms with E-state index in [1.165, 1.54) is 6.07 Å². The highest BCUT2D eigenvalue weighted by molar-refractivity contribution is 6.34. The van der Waals surface area contributed by atoms with E-state index < -0.39 is 5.97 Å². The molecule has 4 rings (SSSR count). The van der Waals surface area contributed by atoms with Crippen molar-refractivity contribution in [1.82, 2.24) is 0 Å². The number of benzene rings is 1. The van der Waals surface area contributed by atoms with Crippen molar-refractivity contribution in [3.05, 3.63) is 57.8 Å². The Morgan fingerprint density at radius 3 is 2.70 bits per heavy atom. The molecule has 2 aromatic rings. The van der Waals surface area contributed by atoms with E-state index in [0.29, 0.717) is 34.1 Å². The first-order valence-electron chi connectivity index (χ1n) is 8.86. The number of hydrogen-bond acceptors (Lipinski definition) is 5. The number of carbonyl (C=O) groups is 3. The van der Waals surface area contributed by atoms with Gasteiger partial charge in [0.15, 0.2) is 17.8 Å². The van der Waals surface area contributed by atoms with Gasteiger partial charge in [-0.25, -0.2) is 4.79 Å². The van der Waals surface area contributed by atoms with E-state index in [0.717, 1.165) is 18.4 Å². The topological polar surface area (TPSA) is 73.6 Å². The average molecular weight is 385 g/mol. The molecule has 1 unspecified atom stereocenters. The standard InChI is InChI=1S/C21H17ClO5/c1-2-26-21(25)17-7-13(11-3-4-11)14-9-18(22)16(8-15(14)20(17)24)19-6-5-12(10-23)27-19/h5-11,13H,2-4H2,1H3. The third-order valence-corrected chi connectivity index (χ3v) is 5.28. The van der Waals surface area contributed by atoms with Crippen molar-refractivity contribution in [2.75, 3.05) is 6.61 Å². The summed E-state index contributed by atoms with van der Waals surface area (Å²) in [4.78, 5) is 36.1. The van der Waals surface area contributed by atoms with Crippen molar-refractivity contribution in [2.45, 2.75) is 25.7 Å². The number of ketones is 1. The van der Waals surface area contributed by atoms with Crippen LogP contribution in [0.15, 0.2) is 40.3 Å². The quantitative estimate of drug-likeness (QED) is 0.428. The molecular formula is C21H17ClO5. The summed E-state index contributed by atoms with van der Waals surface area (Å²) >= 11 is 6.46. The normalized spacial score (nSPS) is 18.7. The van der Waals surface area contributed by atoms with Crippen molar-refractivity contribution in [1.29, 1.82) is 0 Å². The first-order chi connectivity index (χ1) is 13.0. The Balaban J connectivity index is 1.83. The smallest absolute Gasteiger partial charge is 0.341 e. The van der Waals surface area contributed by atoms with Crippen LogP contribution in [0.2, 0.25) is 5.02 Å². The fraction of sp³-hybridized carbons (Fsp3) is 0.286. The van der Waals surface area contributed by atoms with Gasteiger partial charge in [-0.15, -0.1) is 0 Å². The number of ether oxygens (including phenoxy) is 1. The molecule has 6 heteroatoms. The van der Waals surface area contributed by atoms with Crippen LogP contribution in [0.3, 0.4) is 0 Å². The predicted molar refractivity (Wildman–Crippen MR) is 99.1 cm³/mol. The summed E-state index contributed by atoms with van der Waals surface area (Å²) in [5.74, 6) is -0.0442. The van der Waals surface area contributed by atoms with Crippen molar-refractivity contribution < 1.29 is 23.5 Å². The summed E-state index contributed by atoms with van der Waals surface area (Å²) < 4.78 is 10.5. The van der Waals surface area contributed by atoms with Crippen LogP contribution in [0.1, 0.15) is 52.2 Å². The lowest BCUT2D eigenvalue weighted by Crippen LogP contribution is -2.23. The molecule has 2 aliphatic carbocycles. The summed E-state index contributed by atoms with van der Waals surface area (Å²) in [6.07, 6.45) is 4.43. The Morgan fingerprint density at radius 1 is 1.30 bits per heavy atom. The summed E-state index contributed by atoms with van der Waals surface area (Å²) in [5.41, 5.74) is 1.84. The monoisotopic (exact) mass is 384 g/mol. The highest BCUT2D eigenvalue weighted by Crippen LogP contribution is 2.48. The van der Waals surface area contributed by atoms with Crippen LogP contribution in [0, 0.1) is 5.92 Å². The van der Waals surface area contributed by atoms with Gasteiger partial charge in [-0.05, 0) is 55.5 Å². The number of fused-ring (bicyclic) bond motifs is 1. The van der Waals surface area contributed by atoms with Crippen molar-refractivity contribution >= 4 is 29.6 Å². The second kappa shape index (κ2) is 6.82. The maximum atomic E-state index is 13.0. The largest absolute Gasteiger partial charge is 0.462 e. The number of carbonyl (C=O) groups excluding carboxylic acids is 3. The highest BCUT2D eigenvalue weighted by atomic mass is 35.5. The maximum absolute atomic E-state index is 13.0. The molecular weight excluding hydrogens is 368 g/mol. The Hall–Kier alpha value is -2.66. The zero-order chi connectivity index (χ0) is 19.1. The minimum absolute atomic E-state index is 0.0363. The predicted octanol–water partition coefficient (Wildman–Crippen LogP) is 4.59. The second-order valence-electron chi connectivity index (χ2n) is 6.73. The van der Waals surface area contributed by atoms with Gasteiger partial charge < -0.3 is 9.15 Å². The van der Waals surface area contributed by atoms with Crippen LogP contribution >= 0.6 is 11.6 Å². The fourth-order valence-electron chi connectivity index (χ4n) is 3.52. The lowest BCUT2D eigenvalue weighted by atomic mass is 9.80. The maximum Gasteiger partial charge on any atom is 0.341 e. The van der Waals surface area contributed by atoms with Crippen LogP contribution in [-0.4, -0.2) is 24.6 Å². The lowest BCUT2D eigenvalue weighted by Gasteiger charge is -2.24. The Bertz CT molecular complexity index is 980. The molecule has 0 radical (unpaired) electrons. The molecule has 0 bridgehead atoms. The molecule has 5 nitrogen and oxygen atoms in total. The molecule has 1 fully saturated rings. The summed E-state index contributed by atoms with van der Waals surface area (Å²) in [6, 6.07) is 6.59. The van der Waals surface area contributed by atoms with E-state index >= 15 is 0 Å². The summed E-state index contributed by atoms with van der Waals surface area (Å²) in [7, 11) is 0. The van der Waals surface area contributed by atoms with Gasteiger partial charge in [-0.1, -0.05) is 17.7 Å². The minimum atomic E-state index is -0.600. The van der Waals surface area contributed by atoms with Crippen LogP contribution in [0.25, 0.3) is 11.3 Å². The van der Waals surface area contributed by atoms with E-state index in [1.807, 2.05) is 0 Å². The minimum Gasteiger partial charge on any atom is -0.462 e. The number of Topliss-reactive ketones (excluding diaryl/α,β-unsaturated/α-hetero) is 1. The number of esters is 1. The van der Waals surface area contributed by atoms with E-state index in [1.54, 1.807) is 31.2 Å². The summed E-state index contributed by atoms with van der Waals surface area (Å²) in [5, 5.41) is 0.437. The molecule has 1 saturated carbocycles. The third-order valence-electron chi connectivity index (χ3n) is 4.97. The molecule has 0 aliphatic heterocycles. The first-order valence-corrected chi connectivity index (χ1v) is 9.23. The van der Waals surface area contributed by atoms with Crippen LogP contribution in [0.5, 0.6) is 0 Å². The Kier molecular flexibility index (Phi) is 4.48. The Morgan fingerprint density at radius 2 is 2.07 bits per heavy atom. The number of hydrogen-bond donors (Lipinski definition) is 0. The second-order valence-corrected chi connectivity index (χ2v) is 7.14. The molecule has 1 aromatic heterocycles. The molecule has 1 aromatic carbocycles.